The van der Waals surface area contributed by atoms with E-state index in [-0.39, 0.29) is 5.12 Å². The Kier molecular flexibility index (Phi) is 6.65. The molecular weight excluding hydrogens is 397 g/mol. The van der Waals surface area contributed by atoms with Crippen molar-refractivity contribution in [1.29, 1.82) is 0 Å². The largest absolute Gasteiger partial charge is 0.491 e. The van der Waals surface area contributed by atoms with Gasteiger partial charge < -0.3 is 19.8 Å². The first kappa shape index (κ1) is 22.5. The van der Waals surface area contributed by atoms with Crippen LogP contribution in [0.15, 0.2) is 54.0 Å². The van der Waals surface area contributed by atoms with Gasteiger partial charge in [0.25, 0.3) is 0 Å². The number of nitrogen functional groups attached to an aromatic ring is 1. The number of carbonyl (C=O) groups is 1. The Morgan fingerprint density at radius 1 is 1.00 bits per heavy atom. The van der Waals surface area contributed by atoms with Crippen LogP contribution in [0.5, 0.6) is 11.5 Å². The van der Waals surface area contributed by atoms with Gasteiger partial charge in [-0.3, -0.25) is 4.79 Å². The van der Waals surface area contributed by atoms with E-state index < -0.39 is 18.3 Å². The third kappa shape index (κ3) is 5.48. The van der Waals surface area contributed by atoms with Crippen molar-refractivity contribution in [2.45, 2.75) is 45.8 Å². The molecule has 0 amide bonds. The van der Waals surface area contributed by atoms with Crippen LogP contribution in [0.4, 0.5) is 5.69 Å². The molecule has 2 N–H and O–H groups in total. The van der Waals surface area contributed by atoms with Crippen molar-refractivity contribution in [3.8, 4) is 11.5 Å². The summed E-state index contributed by atoms with van der Waals surface area (Å²) in [6.45, 7) is 9.64. The fourth-order valence-corrected chi connectivity index (χ4v) is 3.46. The molecule has 1 saturated heterocycles. The molecule has 2 aromatic carbocycles. The fraction of sp³-hybridized carbons (Fsp3) is 0.348. The van der Waals surface area contributed by atoms with Gasteiger partial charge in [-0.25, -0.2) is 0 Å². The molecule has 1 aliphatic heterocycles. The highest BCUT2D eigenvalue weighted by molar-refractivity contribution is 8.13. The molecule has 0 unspecified atom stereocenters. The molecule has 5 nitrogen and oxygen atoms in total. The van der Waals surface area contributed by atoms with Crippen molar-refractivity contribution in [3.63, 3.8) is 0 Å². The summed E-state index contributed by atoms with van der Waals surface area (Å²) in [5.74, 6) is 1.96. The zero-order chi connectivity index (χ0) is 21.9. The van der Waals surface area contributed by atoms with Gasteiger partial charge >= 0.3 is 7.12 Å². The molecule has 158 valence electrons. The Morgan fingerprint density at radius 3 is 2.00 bits per heavy atom. The first-order valence-corrected chi connectivity index (χ1v) is 10.9. The topological polar surface area (TPSA) is 70.8 Å². The molecular formula is C23H28BNO4S. The molecule has 0 saturated carbocycles. The SMILES string of the molecule is CC(=O)SCC(=Cc1ccc(Oc2ccc(N)cc2)cc1)B1OC(C)(C)C(C)(C)O1. The highest BCUT2D eigenvalue weighted by Gasteiger charge is 2.52. The first-order chi connectivity index (χ1) is 14.1. The van der Waals surface area contributed by atoms with Crippen LogP contribution in [-0.4, -0.2) is 29.2 Å². The highest BCUT2D eigenvalue weighted by Crippen LogP contribution is 2.39. The van der Waals surface area contributed by atoms with Gasteiger partial charge in [-0.15, -0.1) is 0 Å². The van der Waals surface area contributed by atoms with Crippen LogP contribution < -0.4 is 10.5 Å². The van der Waals surface area contributed by atoms with Crippen molar-refractivity contribution in [1.82, 2.24) is 0 Å². The molecule has 0 spiro atoms. The summed E-state index contributed by atoms with van der Waals surface area (Å²) >= 11 is 1.25. The van der Waals surface area contributed by atoms with Crippen molar-refractivity contribution < 1.29 is 18.8 Å². The number of rotatable bonds is 6. The Labute approximate surface area is 183 Å². The van der Waals surface area contributed by atoms with Gasteiger partial charge in [0.1, 0.15) is 11.5 Å². The Bertz CT molecular complexity index is 907. The molecule has 30 heavy (non-hydrogen) atoms. The monoisotopic (exact) mass is 425 g/mol. The van der Waals surface area contributed by atoms with E-state index in [4.69, 9.17) is 19.8 Å². The van der Waals surface area contributed by atoms with Crippen LogP contribution >= 0.6 is 11.8 Å². The molecule has 1 aliphatic rings. The van der Waals surface area contributed by atoms with Crippen LogP contribution in [0.25, 0.3) is 6.08 Å². The highest BCUT2D eigenvalue weighted by atomic mass is 32.2. The lowest BCUT2D eigenvalue weighted by atomic mass is 9.78. The number of carbonyl (C=O) groups excluding carboxylic acids is 1. The molecule has 3 rings (SSSR count). The molecule has 0 bridgehead atoms. The number of benzene rings is 2. The van der Waals surface area contributed by atoms with E-state index in [1.807, 2.05) is 70.2 Å². The summed E-state index contributed by atoms with van der Waals surface area (Å²) in [5, 5.41) is 0.0599. The third-order valence-corrected chi connectivity index (χ3v) is 6.23. The van der Waals surface area contributed by atoms with Crippen LogP contribution in [0, 0.1) is 0 Å². The van der Waals surface area contributed by atoms with Crippen LogP contribution in [0.3, 0.4) is 0 Å². The standard InChI is InChI=1S/C23H28BNO4S/c1-16(26)30-15-18(24-28-22(2,3)23(4,5)29-24)14-17-6-10-20(11-7-17)27-21-12-8-19(25)9-13-21/h6-14H,15,25H2,1-5H3. The average molecular weight is 425 g/mol. The van der Waals surface area contributed by atoms with E-state index in [1.165, 1.54) is 11.8 Å². The minimum Gasteiger partial charge on any atom is -0.457 e. The molecule has 7 heteroatoms. The van der Waals surface area contributed by atoms with Crippen LogP contribution in [0.2, 0.25) is 0 Å². The Morgan fingerprint density at radius 2 is 1.50 bits per heavy atom. The minimum absolute atomic E-state index is 0.0599. The van der Waals surface area contributed by atoms with Gasteiger partial charge in [0.2, 0.25) is 0 Å². The van der Waals surface area contributed by atoms with Gasteiger partial charge in [0, 0.05) is 18.4 Å². The molecule has 1 heterocycles. The number of hydrogen-bond acceptors (Lipinski definition) is 6. The summed E-state index contributed by atoms with van der Waals surface area (Å²) in [6.07, 6.45) is 2.02. The quantitative estimate of drug-likeness (QED) is 0.497. The Hall–Kier alpha value is -2.22. The van der Waals surface area contributed by atoms with Gasteiger partial charge in [0.05, 0.1) is 11.2 Å². The van der Waals surface area contributed by atoms with E-state index in [2.05, 4.69) is 0 Å². The van der Waals surface area contributed by atoms with Crippen molar-refractivity contribution >= 4 is 35.8 Å². The zero-order valence-corrected chi connectivity index (χ0v) is 18.9. The molecule has 2 aromatic rings. The predicted octanol–water partition coefficient (Wildman–Crippen LogP) is 5.36. The number of hydrogen-bond donors (Lipinski definition) is 1. The molecule has 0 atom stereocenters. The van der Waals surface area contributed by atoms with E-state index in [1.54, 1.807) is 19.1 Å². The van der Waals surface area contributed by atoms with Gasteiger partial charge in [-0.1, -0.05) is 30.0 Å². The fourth-order valence-electron chi connectivity index (χ4n) is 2.88. The second-order valence-electron chi connectivity index (χ2n) is 8.33. The van der Waals surface area contributed by atoms with Gasteiger partial charge in [-0.05, 0) is 75.1 Å². The molecule has 0 aromatic heterocycles. The summed E-state index contributed by atoms with van der Waals surface area (Å²) < 4.78 is 18.2. The van der Waals surface area contributed by atoms with E-state index in [9.17, 15) is 4.79 Å². The second kappa shape index (κ2) is 8.88. The summed E-state index contributed by atoms with van der Waals surface area (Å²) in [6, 6.07) is 15.0. The van der Waals surface area contributed by atoms with Crippen molar-refractivity contribution in [2.75, 3.05) is 11.5 Å². The molecule has 0 radical (unpaired) electrons. The molecule has 0 aliphatic carbocycles. The van der Waals surface area contributed by atoms with Gasteiger partial charge in [-0.2, -0.15) is 0 Å². The van der Waals surface area contributed by atoms with E-state index in [0.717, 1.165) is 22.5 Å². The lowest BCUT2D eigenvalue weighted by Crippen LogP contribution is -2.41. The number of thioether (sulfide) groups is 1. The summed E-state index contributed by atoms with van der Waals surface area (Å²) in [7, 11) is -0.493. The maximum atomic E-state index is 11.5. The average Bonchev–Trinajstić information content (AvgIpc) is 2.89. The van der Waals surface area contributed by atoms with E-state index in [0.29, 0.717) is 11.4 Å². The number of anilines is 1. The smallest absolute Gasteiger partial charge is 0.457 e. The van der Waals surface area contributed by atoms with Crippen LogP contribution in [0.1, 0.15) is 40.2 Å². The maximum absolute atomic E-state index is 11.5. The second-order valence-corrected chi connectivity index (χ2v) is 9.48. The Balaban J connectivity index is 1.78. The number of ether oxygens (including phenoxy) is 1. The maximum Gasteiger partial charge on any atom is 0.491 e. The number of nitrogens with two attached hydrogens (primary N) is 1. The summed E-state index contributed by atoms with van der Waals surface area (Å²) in [4.78, 5) is 11.5. The predicted molar refractivity (Wildman–Crippen MR) is 125 cm³/mol. The zero-order valence-electron chi connectivity index (χ0n) is 18.1. The van der Waals surface area contributed by atoms with Gasteiger partial charge in [0.15, 0.2) is 5.12 Å². The van der Waals surface area contributed by atoms with E-state index >= 15 is 0 Å². The first-order valence-electron chi connectivity index (χ1n) is 9.89. The molecule has 1 fully saturated rings. The minimum atomic E-state index is -0.493. The van der Waals surface area contributed by atoms with Crippen molar-refractivity contribution in [3.05, 3.63) is 59.6 Å². The third-order valence-electron chi connectivity index (χ3n) is 5.35. The van der Waals surface area contributed by atoms with Crippen molar-refractivity contribution in [2.24, 2.45) is 0 Å². The van der Waals surface area contributed by atoms with Crippen LogP contribution in [-0.2, 0) is 14.1 Å². The summed E-state index contributed by atoms with van der Waals surface area (Å²) in [5.41, 5.74) is 7.43. The lowest BCUT2D eigenvalue weighted by molar-refractivity contribution is -0.109. The normalized spacial score (nSPS) is 17.8. The lowest BCUT2D eigenvalue weighted by Gasteiger charge is -2.32.